The van der Waals surface area contributed by atoms with Crippen LogP contribution in [0.2, 0.25) is 0 Å². The molecule has 1 aromatic carbocycles. The van der Waals surface area contributed by atoms with Crippen LogP contribution in [0.1, 0.15) is 18.4 Å². The van der Waals surface area contributed by atoms with Crippen LogP contribution < -0.4 is 9.25 Å². The molecule has 2 rings (SSSR count). The predicted molar refractivity (Wildman–Crippen MR) is 90.0 cm³/mol. The number of hydrogen-bond acceptors (Lipinski definition) is 3. The maximum atomic E-state index is 5.30. The second-order valence-corrected chi connectivity index (χ2v) is 5.67. The topological polar surface area (TPSA) is 21.7 Å². The maximum absolute atomic E-state index is 5.30. The largest absolute Gasteiger partial charge is 0.424 e. The lowest BCUT2D eigenvalue weighted by Gasteiger charge is -2.18. The van der Waals surface area contributed by atoms with Crippen LogP contribution in [0.4, 0.5) is 5.69 Å². The minimum atomic E-state index is 0.789. The van der Waals surface area contributed by atoms with Crippen LogP contribution in [0.5, 0.6) is 11.5 Å². The van der Waals surface area contributed by atoms with Crippen LogP contribution >= 0.6 is 68.9 Å². The summed E-state index contributed by atoms with van der Waals surface area (Å²) in [6, 6.07) is 4.15. The molecule has 1 aliphatic rings. The van der Waals surface area contributed by atoms with E-state index in [9.17, 15) is 0 Å². The fourth-order valence-corrected chi connectivity index (χ4v) is 3.30. The first-order chi connectivity index (χ1) is 7.76. The normalized spacial score (nSPS) is 15.3. The molecule has 0 radical (unpaired) electrons. The highest BCUT2D eigenvalue weighted by Gasteiger charge is 2.17. The summed E-state index contributed by atoms with van der Waals surface area (Å²) in [4.78, 5) is 0. The van der Waals surface area contributed by atoms with Gasteiger partial charge in [-0.2, -0.15) is 0 Å². The van der Waals surface area contributed by atoms with Crippen LogP contribution in [0, 0.1) is 0 Å². The Bertz CT molecular complexity index is 387. The van der Waals surface area contributed by atoms with Crippen LogP contribution in [0.15, 0.2) is 12.1 Å². The molecule has 1 heterocycles. The number of rotatable bonds is 2. The first-order valence-electron chi connectivity index (χ1n) is 4.93. The van der Waals surface area contributed by atoms with Gasteiger partial charge >= 0.3 is 0 Å². The summed E-state index contributed by atoms with van der Waals surface area (Å²) in [5.74, 6) is 1.60. The molecule has 0 aromatic heterocycles. The van der Waals surface area contributed by atoms with E-state index >= 15 is 0 Å². The fourth-order valence-electron chi connectivity index (χ4n) is 1.82. The van der Waals surface area contributed by atoms with E-state index in [0.717, 1.165) is 24.5 Å². The monoisotopic (exact) mass is 557 g/mol. The average Bonchev–Trinajstić information content (AvgIpc) is 2.49. The zero-order valence-electron chi connectivity index (χ0n) is 8.38. The molecule has 1 aromatic rings. The van der Waals surface area contributed by atoms with Crippen molar-refractivity contribution in [1.29, 1.82) is 0 Å². The van der Waals surface area contributed by atoms with Gasteiger partial charge in [0.1, 0.15) is 0 Å². The van der Waals surface area contributed by atoms with Crippen molar-refractivity contribution < 1.29 is 6.13 Å². The van der Waals surface area contributed by atoms with Gasteiger partial charge in [0.25, 0.3) is 0 Å². The molecule has 88 valence electrons. The summed E-state index contributed by atoms with van der Waals surface area (Å²) >= 11 is 6.15. The maximum Gasteiger partial charge on any atom is 0.192 e. The smallest absolute Gasteiger partial charge is 0.192 e. The average molecular weight is 557 g/mol. The Kier molecular flexibility index (Phi) is 5.06. The van der Waals surface area contributed by atoms with Gasteiger partial charge < -0.3 is 9.25 Å². The zero-order valence-corrected chi connectivity index (χ0v) is 14.9. The molecular formula is C10H10I3NO2. The Hall–Kier alpha value is 0.810. The molecule has 0 fully saturated rings. The predicted octanol–water partition coefficient (Wildman–Crippen LogP) is 4.64. The SMILES string of the molecule is IOc1cc2c(cc1OI)N(I)CCCC2. The molecule has 0 saturated heterocycles. The highest BCUT2D eigenvalue weighted by molar-refractivity contribution is 14.1. The highest BCUT2D eigenvalue weighted by Crippen LogP contribution is 2.40. The first-order valence-corrected chi connectivity index (χ1v) is 7.66. The van der Waals surface area contributed by atoms with Gasteiger partial charge in [0.05, 0.1) is 28.6 Å². The van der Waals surface area contributed by atoms with Gasteiger partial charge in [-0.1, -0.05) is 0 Å². The van der Waals surface area contributed by atoms with Crippen molar-refractivity contribution in [3.05, 3.63) is 17.7 Å². The number of halogens is 3. The molecule has 0 N–H and O–H groups in total. The van der Waals surface area contributed by atoms with Gasteiger partial charge in [0.15, 0.2) is 57.5 Å². The first kappa shape index (κ1) is 13.2. The molecule has 0 spiro atoms. The van der Waals surface area contributed by atoms with Crippen molar-refractivity contribution in [2.45, 2.75) is 19.3 Å². The van der Waals surface area contributed by atoms with E-state index in [1.807, 2.05) is 46.0 Å². The summed E-state index contributed by atoms with van der Waals surface area (Å²) in [5, 5.41) is 0. The molecule has 0 bridgehead atoms. The van der Waals surface area contributed by atoms with E-state index in [4.69, 9.17) is 6.13 Å². The van der Waals surface area contributed by atoms with Crippen LogP contribution in [-0.4, -0.2) is 6.54 Å². The third kappa shape index (κ3) is 2.79. The van der Waals surface area contributed by atoms with Gasteiger partial charge in [0, 0.05) is 12.6 Å². The summed E-state index contributed by atoms with van der Waals surface area (Å²) < 4.78 is 12.9. The standard InChI is InChI=1S/C10H10I3NO2/c11-14-4-2-1-3-7-5-9(15-12)10(16-13)6-8(7)14/h5-6H,1-4H2. The molecule has 3 nitrogen and oxygen atoms in total. The number of aryl methyl sites for hydroxylation is 1. The third-order valence-electron chi connectivity index (χ3n) is 2.62. The van der Waals surface area contributed by atoms with Gasteiger partial charge in [-0.25, -0.2) is 0 Å². The number of anilines is 1. The second-order valence-electron chi connectivity index (χ2n) is 3.62. The quantitative estimate of drug-likeness (QED) is 0.392. The molecule has 6 heteroatoms. The van der Waals surface area contributed by atoms with Crippen LogP contribution in [0.3, 0.4) is 0 Å². The number of fused-ring (bicyclic) bond motifs is 1. The molecule has 16 heavy (non-hydrogen) atoms. The van der Waals surface area contributed by atoms with Crippen molar-refractivity contribution in [3.63, 3.8) is 0 Å². The molecule has 1 aliphatic heterocycles. The summed E-state index contributed by atoms with van der Waals surface area (Å²) in [5.41, 5.74) is 2.60. The van der Waals surface area contributed by atoms with Crippen molar-refractivity contribution in [2.75, 3.05) is 9.66 Å². The number of benzene rings is 1. The third-order valence-corrected chi connectivity index (χ3v) is 4.57. The van der Waals surface area contributed by atoms with E-state index in [-0.39, 0.29) is 0 Å². The second kappa shape index (κ2) is 6.12. The lowest BCUT2D eigenvalue weighted by Crippen LogP contribution is -2.09. The lowest BCUT2D eigenvalue weighted by molar-refractivity contribution is 0.634. The van der Waals surface area contributed by atoms with Crippen molar-refractivity contribution >= 4 is 74.6 Å². The van der Waals surface area contributed by atoms with E-state index in [1.54, 1.807) is 0 Å². The highest BCUT2D eigenvalue weighted by atomic mass is 127. The number of nitrogens with zero attached hydrogens (tertiary/aromatic N) is 1. The zero-order chi connectivity index (χ0) is 11.5. The van der Waals surface area contributed by atoms with Gasteiger partial charge in [0.2, 0.25) is 0 Å². The van der Waals surface area contributed by atoms with Crippen LogP contribution in [0.25, 0.3) is 0 Å². The summed E-state index contributed by atoms with van der Waals surface area (Å²) in [7, 11) is 0. The van der Waals surface area contributed by atoms with E-state index in [2.05, 4.69) is 38.1 Å². The number of hydrogen-bond donors (Lipinski definition) is 0. The summed E-state index contributed by atoms with van der Waals surface area (Å²) in [6.45, 7) is 1.10. The van der Waals surface area contributed by atoms with Crippen LogP contribution in [-0.2, 0) is 6.42 Å². The Morgan fingerprint density at radius 2 is 1.75 bits per heavy atom. The molecule has 0 amide bonds. The summed E-state index contributed by atoms with van der Waals surface area (Å²) in [6.07, 6.45) is 3.58. The molecule has 0 atom stereocenters. The van der Waals surface area contributed by atoms with Crippen molar-refractivity contribution in [2.24, 2.45) is 0 Å². The Morgan fingerprint density at radius 3 is 2.44 bits per heavy atom. The Morgan fingerprint density at radius 1 is 1.06 bits per heavy atom. The van der Waals surface area contributed by atoms with E-state index < -0.39 is 0 Å². The van der Waals surface area contributed by atoms with Gasteiger partial charge in [-0.3, -0.25) is 0 Å². The van der Waals surface area contributed by atoms with Gasteiger partial charge in [-0.05, 0) is 30.9 Å². The minimum Gasteiger partial charge on any atom is -0.424 e. The minimum absolute atomic E-state index is 0.789. The van der Waals surface area contributed by atoms with Gasteiger partial charge in [-0.15, -0.1) is 0 Å². The molecule has 0 saturated carbocycles. The van der Waals surface area contributed by atoms with E-state index in [0.29, 0.717) is 0 Å². The molecule has 0 aliphatic carbocycles. The molecule has 0 unspecified atom stereocenters. The Balaban J connectivity index is 2.47. The van der Waals surface area contributed by atoms with Crippen molar-refractivity contribution in [1.82, 2.24) is 0 Å². The lowest BCUT2D eigenvalue weighted by atomic mass is 10.1. The van der Waals surface area contributed by atoms with E-state index in [1.165, 1.54) is 24.1 Å². The van der Waals surface area contributed by atoms with Crippen molar-refractivity contribution in [3.8, 4) is 11.5 Å². The molecular weight excluding hydrogens is 547 g/mol. The fraction of sp³-hybridized carbons (Fsp3) is 0.400. The Labute approximate surface area is 137 Å².